The minimum Gasteiger partial charge on any atom is -0.388 e. The van der Waals surface area contributed by atoms with Gasteiger partial charge in [0.15, 0.2) is 12.6 Å². The van der Waals surface area contributed by atoms with Crippen LogP contribution in [0.1, 0.15) is 13.8 Å². The topological polar surface area (TPSA) is 149 Å². The predicted molar refractivity (Wildman–Crippen MR) is 65.8 cm³/mol. The van der Waals surface area contributed by atoms with Crippen LogP contribution < -0.4 is 0 Å². The van der Waals surface area contributed by atoms with E-state index in [1.807, 2.05) is 0 Å². The van der Waals surface area contributed by atoms with E-state index in [0.29, 0.717) is 0 Å². The van der Waals surface area contributed by atoms with E-state index in [4.69, 9.17) is 14.2 Å². The summed E-state index contributed by atoms with van der Waals surface area (Å²) in [5, 5.41) is 58.0. The lowest BCUT2D eigenvalue weighted by atomic mass is 9.98. The molecule has 0 unspecified atom stereocenters. The molecular weight excluding hydrogens is 288 g/mol. The molecule has 9 nitrogen and oxygen atoms in total. The molecule has 0 bridgehead atoms. The van der Waals surface area contributed by atoms with Crippen LogP contribution in [-0.2, 0) is 14.2 Å². The van der Waals surface area contributed by atoms with Crippen molar-refractivity contribution in [2.75, 3.05) is 0 Å². The Morgan fingerprint density at radius 3 is 1.90 bits per heavy atom. The largest absolute Gasteiger partial charge is 0.388 e. The van der Waals surface area contributed by atoms with Gasteiger partial charge in [0.25, 0.3) is 0 Å². The third-order valence-corrected chi connectivity index (χ3v) is 3.90. The molecule has 0 aromatic rings. The summed E-state index contributed by atoms with van der Waals surface area (Å²) in [5.41, 5.74) is 0. The molecule has 0 spiro atoms. The van der Waals surface area contributed by atoms with Crippen molar-refractivity contribution in [1.29, 1.82) is 0 Å². The lowest BCUT2D eigenvalue weighted by molar-refractivity contribution is -0.348. The van der Waals surface area contributed by atoms with Gasteiger partial charge in [-0.3, -0.25) is 0 Å². The van der Waals surface area contributed by atoms with Gasteiger partial charge in [0.2, 0.25) is 0 Å². The van der Waals surface area contributed by atoms with Crippen molar-refractivity contribution < 1.29 is 44.8 Å². The van der Waals surface area contributed by atoms with Crippen LogP contribution in [0.3, 0.4) is 0 Å². The molecule has 124 valence electrons. The van der Waals surface area contributed by atoms with Crippen LogP contribution >= 0.6 is 0 Å². The molecule has 6 N–H and O–H groups in total. The van der Waals surface area contributed by atoms with E-state index in [0.717, 1.165) is 0 Å². The minimum absolute atomic E-state index is 0.784. The fourth-order valence-corrected chi connectivity index (χ4v) is 2.49. The van der Waals surface area contributed by atoms with Crippen molar-refractivity contribution in [3.8, 4) is 0 Å². The number of aliphatic hydroxyl groups excluding tert-OH is 6. The van der Waals surface area contributed by atoms with Crippen LogP contribution in [0.25, 0.3) is 0 Å². The monoisotopic (exact) mass is 310 g/mol. The van der Waals surface area contributed by atoms with Crippen LogP contribution in [0.15, 0.2) is 0 Å². The fourth-order valence-electron chi connectivity index (χ4n) is 2.49. The Balaban J connectivity index is 2.06. The van der Waals surface area contributed by atoms with Gasteiger partial charge < -0.3 is 44.8 Å². The van der Waals surface area contributed by atoms with Gasteiger partial charge in [-0.2, -0.15) is 0 Å². The molecule has 9 heteroatoms. The molecular formula is C12H22O9. The molecule has 0 aliphatic carbocycles. The molecule has 21 heavy (non-hydrogen) atoms. The first kappa shape index (κ1) is 17.0. The maximum absolute atomic E-state index is 9.91. The van der Waals surface area contributed by atoms with Crippen LogP contribution in [0.5, 0.6) is 0 Å². The molecule has 0 radical (unpaired) electrons. The summed E-state index contributed by atoms with van der Waals surface area (Å²) in [6, 6.07) is 0. The van der Waals surface area contributed by atoms with Gasteiger partial charge in [-0.25, -0.2) is 0 Å². The van der Waals surface area contributed by atoms with Crippen LogP contribution in [-0.4, -0.2) is 92.1 Å². The number of hydrogen-bond donors (Lipinski definition) is 6. The van der Waals surface area contributed by atoms with Gasteiger partial charge in [0.05, 0.1) is 12.2 Å². The Morgan fingerprint density at radius 1 is 0.667 bits per heavy atom. The zero-order valence-electron chi connectivity index (χ0n) is 11.7. The summed E-state index contributed by atoms with van der Waals surface area (Å²) >= 11 is 0. The van der Waals surface area contributed by atoms with Gasteiger partial charge in [-0.15, -0.1) is 0 Å². The van der Waals surface area contributed by atoms with E-state index >= 15 is 0 Å². The number of rotatable bonds is 2. The summed E-state index contributed by atoms with van der Waals surface area (Å²) in [6.45, 7) is 3.00. The van der Waals surface area contributed by atoms with Crippen molar-refractivity contribution in [3.63, 3.8) is 0 Å². The number of ether oxygens (including phenoxy) is 3. The Hall–Kier alpha value is -0.360. The molecule has 0 amide bonds. The molecule has 2 saturated heterocycles. The molecule has 2 heterocycles. The second kappa shape index (κ2) is 6.41. The van der Waals surface area contributed by atoms with Crippen LogP contribution in [0, 0.1) is 0 Å². The van der Waals surface area contributed by atoms with E-state index in [9.17, 15) is 30.6 Å². The second-order valence-corrected chi connectivity index (χ2v) is 5.50. The Labute approximate surface area is 121 Å². The summed E-state index contributed by atoms with van der Waals surface area (Å²) in [5.74, 6) is 0. The average Bonchev–Trinajstić information content (AvgIpc) is 2.44. The standard InChI is InChI=1S/C12H22O9/c1-3-5(13)6(14)9(17)12(20-3)21-10-4(2)19-11(18)8(16)7(10)15/h3-18H,1-2H3/t3-,4-,5+,6+,7-,8-,9-,10+,11-,12-/m1/s1. The molecule has 2 fully saturated rings. The highest BCUT2D eigenvalue weighted by Gasteiger charge is 2.48. The zero-order valence-corrected chi connectivity index (χ0v) is 11.7. The molecule has 2 aliphatic heterocycles. The van der Waals surface area contributed by atoms with E-state index in [-0.39, 0.29) is 0 Å². The summed E-state index contributed by atoms with van der Waals surface area (Å²) < 4.78 is 15.6. The van der Waals surface area contributed by atoms with Gasteiger partial charge in [0.1, 0.15) is 36.6 Å². The van der Waals surface area contributed by atoms with Crippen LogP contribution in [0.4, 0.5) is 0 Å². The maximum Gasteiger partial charge on any atom is 0.187 e. The quantitative estimate of drug-likeness (QED) is 0.308. The number of hydrogen-bond acceptors (Lipinski definition) is 9. The van der Waals surface area contributed by atoms with Crippen molar-refractivity contribution in [3.05, 3.63) is 0 Å². The lowest BCUT2D eigenvalue weighted by Crippen LogP contribution is -2.62. The van der Waals surface area contributed by atoms with Crippen molar-refractivity contribution in [2.24, 2.45) is 0 Å². The maximum atomic E-state index is 9.91. The van der Waals surface area contributed by atoms with E-state index < -0.39 is 61.4 Å². The third kappa shape index (κ3) is 3.21. The Morgan fingerprint density at radius 2 is 1.29 bits per heavy atom. The normalized spacial score (nSPS) is 55.4. The summed E-state index contributed by atoms with van der Waals surface area (Å²) in [6.07, 6.45) is -12.8. The molecule has 0 aromatic heterocycles. The SMILES string of the molecule is C[C@H]1O[C@H](O[C@@H]2[C@H](O)[C@@H](O)[C@H](O)O[C@@H]2C)[C@H](O)[C@@H](O)[C@H]1O. The van der Waals surface area contributed by atoms with Gasteiger partial charge >= 0.3 is 0 Å². The van der Waals surface area contributed by atoms with E-state index in [1.54, 1.807) is 0 Å². The highest BCUT2D eigenvalue weighted by molar-refractivity contribution is 4.91. The molecule has 2 aliphatic rings. The smallest absolute Gasteiger partial charge is 0.187 e. The third-order valence-electron chi connectivity index (χ3n) is 3.90. The van der Waals surface area contributed by atoms with Crippen molar-refractivity contribution >= 4 is 0 Å². The Kier molecular flexibility index (Phi) is 5.19. The number of aliphatic hydroxyl groups is 6. The molecule has 2 rings (SSSR count). The summed E-state index contributed by atoms with van der Waals surface area (Å²) in [7, 11) is 0. The van der Waals surface area contributed by atoms with E-state index in [1.165, 1.54) is 13.8 Å². The van der Waals surface area contributed by atoms with E-state index in [2.05, 4.69) is 0 Å². The second-order valence-electron chi connectivity index (χ2n) is 5.50. The fraction of sp³-hybridized carbons (Fsp3) is 1.00. The van der Waals surface area contributed by atoms with Gasteiger partial charge in [-0.05, 0) is 13.8 Å². The lowest BCUT2D eigenvalue weighted by Gasteiger charge is -2.44. The summed E-state index contributed by atoms with van der Waals surface area (Å²) in [4.78, 5) is 0. The predicted octanol–water partition coefficient (Wildman–Crippen LogP) is -3.34. The van der Waals surface area contributed by atoms with Gasteiger partial charge in [0, 0.05) is 0 Å². The molecule has 10 atom stereocenters. The minimum atomic E-state index is -1.57. The first-order valence-electron chi connectivity index (χ1n) is 6.78. The highest BCUT2D eigenvalue weighted by Crippen LogP contribution is 2.28. The van der Waals surface area contributed by atoms with Crippen molar-refractivity contribution in [2.45, 2.75) is 75.3 Å². The van der Waals surface area contributed by atoms with Crippen molar-refractivity contribution in [1.82, 2.24) is 0 Å². The molecule has 0 aromatic carbocycles. The first-order chi connectivity index (χ1) is 9.73. The Bertz CT molecular complexity index is 354. The zero-order chi connectivity index (χ0) is 15.9. The highest BCUT2D eigenvalue weighted by atomic mass is 16.7. The molecule has 0 saturated carbocycles. The first-order valence-corrected chi connectivity index (χ1v) is 6.78. The average molecular weight is 310 g/mol. The van der Waals surface area contributed by atoms with Crippen LogP contribution in [0.2, 0.25) is 0 Å². The van der Waals surface area contributed by atoms with Gasteiger partial charge in [-0.1, -0.05) is 0 Å².